The first-order valence-corrected chi connectivity index (χ1v) is 2.67. The SMILES string of the molecule is [CH-]=C(C)C(=O)O.[O]=[Zr]. The van der Waals surface area contributed by atoms with Gasteiger partial charge >= 0.3 is 27.5 Å². The Bertz CT molecular complexity index is 87.5. The van der Waals surface area contributed by atoms with E-state index >= 15 is 0 Å². The number of carbonyl (C=O) groups is 1. The molecule has 44 valence electrons. The number of carboxylic acids is 1. The zero-order chi connectivity index (χ0) is 7.15. The van der Waals surface area contributed by atoms with Crippen LogP contribution in [-0.4, -0.2) is 11.1 Å². The summed E-state index contributed by atoms with van der Waals surface area (Å²) in [5.41, 5.74) is -0.0741. The summed E-state index contributed by atoms with van der Waals surface area (Å²) in [4.78, 5) is 9.54. The van der Waals surface area contributed by atoms with Crippen LogP contribution in [0.3, 0.4) is 0 Å². The summed E-state index contributed by atoms with van der Waals surface area (Å²) in [5, 5.41) is 7.83. The van der Waals surface area contributed by atoms with Crippen LogP contribution in [0.2, 0.25) is 0 Å². The predicted molar refractivity (Wildman–Crippen MR) is 21.8 cm³/mol. The molecule has 4 heteroatoms. The van der Waals surface area contributed by atoms with Gasteiger partial charge in [-0.2, -0.15) is 0 Å². The average Bonchev–Trinajstić information content (AvgIpc) is 1.72. The second-order valence-corrected chi connectivity index (χ2v) is 0.988. The first-order chi connectivity index (χ1) is 3.64. The maximum atomic E-state index is 9.54. The van der Waals surface area contributed by atoms with Gasteiger partial charge in [0.05, 0.1) is 0 Å². The van der Waals surface area contributed by atoms with Crippen LogP contribution in [0.15, 0.2) is 5.57 Å². The minimum absolute atomic E-state index is 0.0741. The van der Waals surface area contributed by atoms with Crippen molar-refractivity contribution in [3.05, 3.63) is 12.2 Å². The van der Waals surface area contributed by atoms with Crippen molar-refractivity contribution in [1.29, 1.82) is 0 Å². The van der Waals surface area contributed by atoms with Crippen molar-refractivity contribution >= 4 is 5.97 Å². The monoisotopic (exact) mass is 191 g/mol. The van der Waals surface area contributed by atoms with E-state index in [0.717, 1.165) is 0 Å². The van der Waals surface area contributed by atoms with Gasteiger partial charge in [-0.05, 0) is 0 Å². The normalized spacial score (nSPS) is 6.00. The number of aliphatic carboxylic acids is 1. The third kappa shape index (κ3) is 9.31. The van der Waals surface area contributed by atoms with E-state index in [2.05, 4.69) is 0 Å². The predicted octanol–water partition coefficient (Wildman–Crippen LogP) is 0.329. The van der Waals surface area contributed by atoms with Gasteiger partial charge in [0.1, 0.15) is 0 Å². The van der Waals surface area contributed by atoms with Crippen LogP contribution in [-0.2, 0) is 32.3 Å². The molecule has 0 fully saturated rings. The quantitative estimate of drug-likeness (QED) is 0.481. The summed E-state index contributed by atoms with van der Waals surface area (Å²) in [5.74, 6) is -1.05. The molecule has 0 radical (unpaired) electrons. The van der Waals surface area contributed by atoms with Crippen molar-refractivity contribution in [2.24, 2.45) is 0 Å². The topological polar surface area (TPSA) is 54.4 Å². The van der Waals surface area contributed by atoms with Crippen molar-refractivity contribution in [1.82, 2.24) is 0 Å². The Morgan fingerprint density at radius 1 is 1.62 bits per heavy atom. The van der Waals surface area contributed by atoms with Crippen LogP contribution in [0.5, 0.6) is 0 Å². The first kappa shape index (κ1) is 10.8. The van der Waals surface area contributed by atoms with E-state index in [1.807, 2.05) is 0 Å². The van der Waals surface area contributed by atoms with Gasteiger partial charge in [-0.25, -0.2) is 0 Å². The molecule has 0 aromatic rings. The third-order valence-corrected chi connectivity index (χ3v) is 0.337. The van der Waals surface area contributed by atoms with Gasteiger partial charge in [0.25, 0.3) is 0 Å². The molecule has 0 aliphatic heterocycles. The summed E-state index contributed by atoms with van der Waals surface area (Å²) < 4.78 is 8.34. The number of rotatable bonds is 1. The van der Waals surface area contributed by atoms with E-state index in [-0.39, 0.29) is 5.57 Å². The molecule has 0 atom stereocenters. The van der Waals surface area contributed by atoms with E-state index in [1.54, 1.807) is 0 Å². The van der Waals surface area contributed by atoms with Crippen molar-refractivity contribution in [3.63, 3.8) is 0 Å². The second kappa shape index (κ2) is 6.89. The summed E-state index contributed by atoms with van der Waals surface area (Å²) in [6.07, 6.45) is 0. The van der Waals surface area contributed by atoms with Crippen LogP contribution < -0.4 is 0 Å². The average molecular weight is 192 g/mol. The molecular formula is C4H5O3Zr-. The molecule has 0 aromatic carbocycles. The Morgan fingerprint density at radius 2 is 1.75 bits per heavy atom. The molecule has 0 unspecified atom stereocenters. The first-order valence-electron chi connectivity index (χ1n) is 1.67. The standard InChI is InChI=1S/C4H5O2.O.Zr/c1-3(2)4(5)6;;/h1H,2H3,(H,5,6);;/q-1;;. The van der Waals surface area contributed by atoms with Gasteiger partial charge in [-0.15, -0.1) is 5.57 Å². The van der Waals surface area contributed by atoms with Gasteiger partial charge in [0.15, 0.2) is 5.97 Å². The van der Waals surface area contributed by atoms with Gasteiger partial charge < -0.3 is 9.90 Å². The fourth-order valence-electron chi connectivity index (χ4n) is 0. The van der Waals surface area contributed by atoms with Crippen LogP contribution in [0, 0.1) is 6.58 Å². The number of carboxylic acid groups (broad SMARTS) is 1. The molecule has 0 saturated heterocycles. The summed E-state index contributed by atoms with van der Waals surface area (Å²) in [6, 6.07) is 0. The molecule has 8 heavy (non-hydrogen) atoms. The maximum absolute atomic E-state index is 9.54. The molecule has 3 nitrogen and oxygen atoms in total. The summed E-state index contributed by atoms with van der Waals surface area (Å²) >= 11 is 0.300. The molecule has 0 bridgehead atoms. The van der Waals surface area contributed by atoms with Gasteiger partial charge in [-0.1, -0.05) is 6.92 Å². The Morgan fingerprint density at radius 3 is 1.75 bits per heavy atom. The van der Waals surface area contributed by atoms with Gasteiger partial charge in [-0.3, -0.25) is 6.58 Å². The minimum atomic E-state index is -1.05. The molecule has 0 amide bonds. The Hall–Kier alpha value is -0.107. The van der Waals surface area contributed by atoms with Gasteiger partial charge in [0, 0.05) is 0 Å². The molecule has 0 aliphatic rings. The van der Waals surface area contributed by atoms with Crippen molar-refractivity contribution in [2.45, 2.75) is 6.92 Å². The molecular weight excluding hydrogens is 187 g/mol. The Balaban J connectivity index is 0. The van der Waals surface area contributed by atoms with Crippen molar-refractivity contribution < 1.29 is 37.4 Å². The van der Waals surface area contributed by atoms with E-state index in [4.69, 9.17) is 14.5 Å². The molecule has 0 aromatic heterocycles. The third-order valence-electron chi connectivity index (χ3n) is 0.337. The van der Waals surface area contributed by atoms with E-state index in [0.29, 0.717) is 24.7 Å². The zero-order valence-electron chi connectivity index (χ0n) is 4.34. The van der Waals surface area contributed by atoms with Crippen LogP contribution in [0.25, 0.3) is 0 Å². The molecule has 0 aliphatic carbocycles. The van der Waals surface area contributed by atoms with Crippen LogP contribution in [0.1, 0.15) is 6.92 Å². The molecule has 0 heterocycles. The molecule has 0 saturated carbocycles. The summed E-state index contributed by atoms with van der Waals surface area (Å²) in [7, 11) is 0. The molecule has 0 spiro atoms. The molecule has 0 rings (SSSR count). The summed E-state index contributed by atoms with van der Waals surface area (Å²) in [6.45, 7) is 6.09. The number of hydrogen-bond donors (Lipinski definition) is 1. The zero-order valence-corrected chi connectivity index (χ0v) is 6.80. The fourth-order valence-corrected chi connectivity index (χ4v) is 0. The van der Waals surface area contributed by atoms with Crippen LogP contribution >= 0.6 is 0 Å². The van der Waals surface area contributed by atoms with Crippen LogP contribution in [0.4, 0.5) is 0 Å². The van der Waals surface area contributed by atoms with Gasteiger partial charge in [0.2, 0.25) is 0 Å². The van der Waals surface area contributed by atoms with E-state index < -0.39 is 5.97 Å². The van der Waals surface area contributed by atoms with E-state index in [9.17, 15) is 4.79 Å². The Kier molecular flexibility index (Phi) is 9.30. The Labute approximate surface area is 62.7 Å². The fraction of sp³-hybridized carbons (Fsp3) is 0.250. The number of hydrogen-bond acceptors (Lipinski definition) is 2. The second-order valence-electron chi connectivity index (χ2n) is 0.988. The van der Waals surface area contributed by atoms with E-state index in [1.165, 1.54) is 6.92 Å². The van der Waals surface area contributed by atoms with Crippen molar-refractivity contribution in [2.75, 3.05) is 0 Å². The van der Waals surface area contributed by atoms with Crippen molar-refractivity contribution in [3.8, 4) is 0 Å². The molecule has 1 N–H and O–H groups in total.